The molecule has 30 heavy (non-hydrogen) atoms. The first-order chi connectivity index (χ1) is 14.5. The lowest BCUT2D eigenvalue weighted by atomic mass is 10.1. The normalized spacial score (nSPS) is 11.3. The Morgan fingerprint density at radius 3 is 2.47 bits per heavy atom. The highest BCUT2D eigenvalue weighted by atomic mass is 32.2. The Kier molecular flexibility index (Phi) is 5.29. The summed E-state index contributed by atoms with van der Waals surface area (Å²) in [7, 11) is -0.996. The Bertz CT molecular complexity index is 1320. The third-order valence-corrected chi connectivity index (χ3v) is 6.07. The Morgan fingerprint density at radius 2 is 1.67 bits per heavy atom. The van der Waals surface area contributed by atoms with Gasteiger partial charge in [0, 0.05) is 22.7 Å². The number of ether oxygens (including phenoxy) is 2. The molecule has 0 aliphatic heterocycles. The molecule has 152 valence electrons. The van der Waals surface area contributed by atoms with Gasteiger partial charge >= 0.3 is 0 Å². The minimum Gasteiger partial charge on any atom is -0.497 e. The second-order valence-corrected chi connectivity index (χ2v) is 8.24. The van der Waals surface area contributed by atoms with Crippen LogP contribution in [0.15, 0.2) is 83.8 Å². The van der Waals surface area contributed by atoms with E-state index in [0.29, 0.717) is 11.4 Å². The second-order valence-electron chi connectivity index (χ2n) is 6.59. The lowest BCUT2D eigenvalue weighted by Gasteiger charge is -2.13. The minimum atomic E-state index is -3.90. The molecule has 6 nitrogen and oxygen atoms in total. The second kappa shape index (κ2) is 8.04. The van der Waals surface area contributed by atoms with Crippen molar-refractivity contribution in [1.29, 1.82) is 0 Å². The summed E-state index contributed by atoms with van der Waals surface area (Å²) in [5.41, 5.74) is 2.86. The van der Waals surface area contributed by atoms with Crippen molar-refractivity contribution in [3.05, 3.63) is 78.9 Å². The van der Waals surface area contributed by atoms with Crippen LogP contribution in [0.1, 0.15) is 0 Å². The largest absolute Gasteiger partial charge is 0.497 e. The van der Waals surface area contributed by atoms with Gasteiger partial charge in [0.25, 0.3) is 10.0 Å². The van der Waals surface area contributed by atoms with Gasteiger partial charge in [-0.15, -0.1) is 0 Å². The highest BCUT2D eigenvalue weighted by Gasteiger charge is 2.21. The van der Waals surface area contributed by atoms with Crippen molar-refractivity contribution in [2.45, 2.75) is 4.90 Å². The standard InChI is InChI=1S/C23H20N2O4S/c1-28-19-11-13-22(29-2)23(15-19)30(26,27)25-18-8-5-7-17(14-18)21-12-10-16-6-3-4-9-20(16)24-21/h3-15,25H,1-2H3. The maximum Gasteiger partial charge on any atom is 0.265 e. The van der Waals surface area contributed by atoms with Crippen molar-refractivity contribution in [2.75, 3.05) is 18.9 Å². The highest BCUT2D eigenvalue weighted by Crippen LogP contribution is 2.31. The van der Waals surface area contributed by atoms with Crippen LogP contribution < -0.4 is 14.2 Å². The molecule has 0 atom stereocenters. The molecule has 0 spiro atoms. The fourth-order valence-corrected chi connectivity index (χ4v) is 4.41. The van der Waals surface area contributed by atoms with Crippen LogP contribution in [0.5, 0.6) is 11.5 Å². The fraction of sp³-hybridized carbons (Fsp3) is 0.0870. The molecule has 0 fully saturated rings. The molecule has 1 heterocycles. The molecule has 0 radical (unpaired) electrons. The summed E-state index contributed by atoms with van der Waals surface area (Å²) in [6.45, 7) is 0. The number of nitrogens with zero attached hydrogens (tertiary/aromatic N) is 1. The molecule has 4 aromatic rings. The van der Waals surface area contributed by atoms with Crippen LogP contribution in [0, 0.1) is 0 Å². The zero-order valence-corrected chi connectivity index (χ0v) is 17.3. The molecule has 0 bridgehead atoms. The van der Waals surface area contributed by atoms with E-state index in [1.54, 1.807) is 30.3 Å². The molecule has 0 saturated heterocycles. The molecule has 3 aromatic carbocycles. The average molecular weight is 420 g/mol. The summed E-state index contributed by atoms with van der Waals surface area (Å²) in [4.78, 5) is 4.68. The quantitative estimate of drug-likeness (QED) is 0.488. The molecule has 1 aromatic heterocycles. The zero-order valence-electron chi connectivity index (χ0n) is 16.5. The van der Waals surface area contributed by atoms with Gasteiger partial charge in [0.1, 0.15) is 16.4 Å². The number of pyridine rings is 1. The van der Waals surface area contributed by atoms with E-state index in [1.165, 1.54) is 20.3 Å². The van der Waals surface area contributed by atoms with E-state index in [1.807, 2.05) is 42.5 Å². The third-order valence-electron chi connectivity index (χ3n) is 4.67. The maximum atomic E-state index is 13.0. The number of fused-ring (bicyclic) bond motifs is 1. The lowest BCUT2D eigenvalue weighted by molar-refractivity contribution is 0.392. The van der Waals surface area contributed by atoms with E-state index >= 15 is 0 Å². The van der Waals surface area contributed by atoms with Gasteiger partial charge in [0.2, 0.25) is 0 Å². The Labute approximate surface area is 175 Å². The van der Waals surface area contributed by atoms with Crippen molar-refractivity contribution >= 4 is 26.6 Å². The number of para-hydroxylation sites is 1. The van der Waals surface area contributed by atoms with Gasteiger partial charge in [-0.1, -0.05) is 36.4 Å². The summed E-state index contributed by atoms with van der Waals surface area (Å²) in [6.07, 6.45) is 0. The summed E-state index contributed by atoms with van der Waals surface area (Å²) in [5.74, 6) is 0.654. The van der Waals surface area contributed by atoms with E-state index in [9.17, 15) is 8.42 Å². The van der Waals surface area contributed by atoms with Crippen LogP contribution in [-0.4, -0.2) is 27.6 Å². The minimum absolute atomic E-state index is 0.00131. The highest BCUT2D eigenvalue weighted by molar-refractivity contribution is 7.92. The summed E-state index contributed by atoms with van der Waals surface area (Å²) < 4.78 is 39.0. The molecular weight excluding hydrogens is 400 g/mol. The van der Waals surface area contributed by atoms with Gasteiger partial charge < -0.3 is 9.47 Å². The number of sulfonamides is 1. The van der Waals surface area contributed by atoms with Gasteiger partial charge in [0.15, 0.2) is 0 Å². The van der Waals surface area contributed by atoms with E-state index in [4.69, 9.17) is 9.47 Å². The number of aromatic nitrogens is 1. The number of benzene rings is 3. The summed E-state index contributed by atoms with van der Waals surface area (Å²) in [6, 6.07) is 23.5. The van der Waals surface area contributed by atoms with E-state index < -0.39 is 10.0 Å². The van der Waals surface area contributed by atoms with Gasteiger partial charge in [-0.2, -0.15) is 0 Å². The molecule has 0 aliphatic carbocycles. The molecule has 0 unspecified atom stereocenters. The number of nitrogens with one attached hydrogen (secondary N) is 1. The van der Waals surface area contributed by atoms with E-state index in [-0.39, 0.29) is 10.6 Å². The van der Waals surface area contributed by atoms with Crippen LogP contribution in [0.25, 0.3) is 22.2 Å². The molecule has 0 aliphatic rings. The van der Waals surface area contributed by atoms with Crippen LogP contribution in [0.4, 0.5) is 5.69 Å². The number of hydrogen-bond donors (Lipinski definition) is 1. The van der Waals surface area contributed by atoms with Crippen LogP contribution >= 0.6 is 0 Å². The fourth-order valence-electron chi connectivity index (χ4n) is 3.17. The van der Waals surface area contributed by atoms with Gasteiger partial charge in [-0.25, -0.2) is 13.4 Å². The van der Waals surface area contributed by atoms with Crippen molar-refractivity contribution in [3.63, 3.8) is 0 Å². The third kappa shape index (κ3) is 3.92. The first-order valence-electron chi connectivity index (χ1n) is 9.21. The molecule has 7 heteroatoms. The van der Waals surface area contributed by atoms with Gasteiger partial charge in [-0.3, -0.25) is 4.72 Å². The molecule has 1 N–H and O–H groups in total. The average Bonchev–Trinajstić information content (AvgIpc) is 2.78. The Hall–Kier alpha value is -3.58. The van der Waals surface area contributed by atoms with Crippen molar-refractivity contribution in [3.8, 4) is 22.8 Å². The maximum absolute atomic E-state index is 13.0. The SMILES string of the molecule is COc1ccc(OC)c(S(=O)(=O)Nc2cccc(-c3ccc4ccccc4n3)c2)c1. The number of hydrogen-bond acceptors (Lipinski definition) is 5. The smallest absolute Gasteiger partial charge is 0.265 e. The van der Waals surface area contributed by atoms with Crippen molar-refractivity contribution < 1.29 is 17.9 Å². The Balaban J connectivity index is 1.69. The van der Waals surface area contributed by atoms with E-state index in [2.05, 4.69) is 9.71 Å². The zero-order chi connectivity index (χ0) is 21.1. The van der Waals surface area contributed by atoms with Gasteiger partial charge in [-0.05, 0) is 36.4 Å². The van der Waals surface area contributed by atoms with Crippen LogP contribution in [0.2, 0.25) is 0 Å². The summed E-state index contributed by atoms with van der Waals surface area (Å²) >= 11 is 0. The number of methoxy groups -OCH3 is 2. The van der Waals surface area contributed by atoms with Crippen LogP contribution in [-0.2, 0) is 10.0 Å². The first kappa shape index (κ1) is 19.7. The first-order valence-corrected chi connectivity index (χ1v) is 10.7. The van der Waals surface area contributed by atoms with Crippen molar-refractivity contribution in [1.82, 2.24) is 4.98 Å². The predicted molar refractivity (Wildman–Crippen MR) is 118 cm³/mol. The van der Waals surface area contributed by atoms with Crippen LogP contribution in [0.3, 0.4) is 0 Å². The Morgan fingerprint density at radius 1 is 0.833 bits per heavy atom. The predicted octanol–water partition coefficient (Wildman–Crippen LogP) is 4.72. The van der Waals surface area contributed by atoms with Crippen molar-refractivity contribution in [2.24, 2.45) is 0 Å². The topological polar surface area (TPSA) is 77.5 Å². The molecule has 0 saturated carbocycles. The summed E-state index contributed by atoms with van der Waals surface area (Å²) in [5, 5.41) is 1.04. The van der Waals surface area contributed by atoms with Gasteiger partial charge in [0.05, 0.1) is 25.4 Å². The number of anilines is 1. The molecule has 0 amide bonds. The van der Waals surface area contributed by atoms with E-state index in [0.717, 1.165) is 22.2 Å². The molecular formula is C23H20N2O4S. The molecule has 4 rings (SSSR count). The lowest BCUT2D eigenvalue weighted by Crippen LogP contribution is -2.14. The number of rotatable bonds is 6. The monoisotopic (exact) mass is 420 g/mol.